The van der Waals surface area contributed by atoms with Crippen LogP contribution in [0, 0.1) is 0 Å². The van der Waals surface area contributed by atoms with E-state index in [1.54, 1.807) is 12.1 Å². The van der Waals surface area contributed by atoms with Crippen molar-refractivity contribution in [1.82, 2.24) is 5.32 Å². The third kappa shape index (κ3) is 5.58. The van der Waals surface area contributed by atoms with Crippen molar-refractivity contribution in [3.63, 3.8) is 0 Å². The highest BCUT2D eigenvalue weighted by Crippen LogP contribution is 2.28. The second-order valence-electron chi connectivity index (χ2n) is 6.09. The van der Waals surface area contributed by atoms with Gasteiger partial charge < -0.3 is 19.9 Å². The van der Waals surface area contributed by atoms with Gasteiger partial charge in [-0.05, 0) is 48.9 Å². The largest absolute Gasteiger partial charge is 0.494 e. The summed E-state index contributed by atoms with van der Waals surface area (Å²) in [6, 6.07) is 20.5. The Morgan fingerprint density at radius 2 is 1.68 bits per heavy atom. The van der Waals surface area contributed by atoms with Gasteiger partial charge in [-0.1, -0.05) is 30.3 Å². The van der Waals surface area contributed by atoms with Gasteiger partial charge in [-0.2, -0.15) is 0 Å². The van der Waals surface area contributed by atoms with Gasteiger partial charge in [-0.15, -0.1) is 11.3 Å². The van der Waals surface area contributed by atoms with E-state index in [0.29, 0.717) is 18.9 Å². The second-order valence-corrected chi connectivity index (χ2v) is 7.29. The molecule has 146 valence electrons. The summed E-state index contributed by atoms with van der Waals surface area (Å²) < 4.78 is 10.9. The number of nitrogens with one attached hydrogen (secondary N) is 1. The van der Waals surface area contributed by atoms with Crippen LogP contribution in [0.5, 0.6) is 11.5 Å². The van der Waals surface area contributed by atoms with E-state index >= 15 is 0 Å². The molecule has 0 bridgehead atoms. The van der Waals surface area contributed by atoms with Crippen molar-refractivity contribution in [1.29, 1.82) is 0 Å². The van der Waals surface area contributed by atoms with Crippen LogP contribution in [0.2, 0.25) is 0 Å². The molecule has 0 aliphatic heterocycles. The van der Waals surface area contributed by atoms with Crippen molar-refractivity contribution < 1.29 is 19.4 Å². The van der Waals surface area contributed by atoms with Gasteiger partial charge in [0.05, 0.1) is 13.2 Å². The van der Waals surface area contributed by atoms with Gasteiger partial charge in [0.1, 0.15) is 17.6 Å². The first-order valence-corrected chi connectivity index (χ1v) is 9.91. The average molecular weight is 397 g/mol. The van der Waals surface area contributed by atoms with Gasteiger partial charge in [0.15, 0.2) is 6.61 Å². The predicted octanol–water partition coefficient (Wildman–Crippen LogP) is 3.92. The maximum absolute atomic E-state index is 12.0. The number of hydrogen-bond acceptors (Lipinski definition) is 5. The van der Waals surface area contributed by atoms with E-state index in [2.05, 4.69) is 5.32 Å². The molecule has 2 N–H and O–H groups in total. The Kier molecular flexibility index (Phi) is 7.06. The van der Waals surface area contributed by atoms with Crippen LogP contribution < -0.4 is 14.8 Å². The molecule has 2 aromatic carbocycles. The number of carbonyl (C=O) groups excluding carboxylic acids is 1. The summed E-state index contributed by atoms with van der Waals surface area (Å²) >= 11 is 1.48. The first-order valence-electron chi connectivity index (χ1n) is 9.09. The highest BCUT2D eigenvalue weighted by atomic mass is 32.1. The molecule has 0 fully saturated rings. The van der Waals surface area contributed by atoms with Crippen LogP contribution in [0.4, 0.5) is 0 Å². The Balaban J connectivity index is 1.45. The Bertz CT molecular complexity index is 877. The fourth-order valence-corrected chi connectivity index (χ4v) is 3.59. The van der Waals surface area contributed by atoms with Crippen molar-refractivity contribution in [2.75, 3.05) is 13.2 Å². The van der Waals surface area contributed by atoms with E-state index in [9.17, 15) is 9.90 Å². The minimum atomic E-state index is -0.654. The molecule has 0 aliphatic carbocycles. The maximum atomic E-state index is 12.0. The number of benzene rings is 2. The van der Waals surface area contributed by atoms with Crippen LogP contribution in [0.1, 0.15) is 28.3 Å². The molecule has 1 aromatic heterocycles. The van der Waals surface area contributed by atoms with Crippen molar-refractivity contribution in [2.24, 2.45) is 0 Å². The van der Waals surface area contributed by atoms with Gasteiger partial charge >= 0.3 is 0 Å². The lowest BCUT2D eigenvalue weighted by molar-refractivity contribution is -0.123. The van der Waals surface area contributed by atoms with Crippen molar-refractivity contribution in [3.8, 4) is 11.5 Å². The van der Waals surface area contributed by atoms with Gasteiger partial charge in [0.2, 0.25) is 0 Å². The summed E-state index contributed by atoms with van der Waals surface area (Å²) in [6.07, 6.45) is -0.654. The number of rotatable bonds is 9. The lowest BCUT2D eigenvalue weighted by Gasteiger charge is -2.09. The molecule has 0 saturated heterocycles. The standard InChI is InChI=1S/C22H23NO4S/c1-2-26-17-8-10-18(11-9-17)27-15-21(24)23-14-19-12-13-20(28-19)22(25)16-6-4-3-5-7-16/h3-13,22,25H,2,14-15H2,1H3,(H,23,24). The van der Waals surface area contributed by atoms with Gasteiger partial charge in [-0.3, -0.25) is 4.79 Å². The highest BCUT2D eigenvalue weighted by Gasteiger charge is 2.13. The van der Waals surface area contributed by atoms with Crippen molar-refractivity contribution >= 4 is 17.2 Å². The van der Waals surface area contributed by atoms with Gasteiger partial charge in [-0.25, -0.2) is 0 Å². The maximum Gasteiger partial charge on any atom is 0.258 e. The molecule has 0 saturated carbocycles. The zero-order valence-electron chi connectivity index (χ0n) is 15.6. The number of thiophene rings is 1. The summed E-state index contributed by atoms with van der Waals surface area (Å²) in [4.78, 5) is 13.8. The molecule has 1 unspecified atom stereocenters. The van der Waals surface area contributed by atoms with E-state index in [4.69, 9.17) is 9.47 Å². The van der Waals surface area contributed by atoms with Crippen LogP contribution in [0.25, 0.3) is 0 Å². The number of aliphatic hydroxyl groups is 1. The average Bonchev–Trinajstić information content (AvgIpc) is 3.21. The number of aliphatic hydroxyl groups excluding tert-OH is 1. The number of amides is 1. The molecule has 0 spiro atoms. The molecule has 0 radical (unpaired) electrons. The number of hydrogen-bond donors (Lipinski definition) is 2. The molecule has 1 amide bonds. The SMILES string of the molecule is CCOc1ccc(OCC(=O)NCc2ccc(C(O)c3ccccc3)s2)cc1. The third-order valence-corrected chi connectivity index (χ3v) is 5.17. The molecule has 0 aliphatic rings. The first kappa shape index (κ1) is 19.9. The van der Waals surface area contributed by atoms with E-state index < -0.39 is 6.10 Å². The summed E-state index contributed by atoms with van der Waals surface area (Å²) in [7, 11) is 0. The summed E-state index contributed by atoms with van der Waals surface area (Å²) in [5.41, 5.74) is 0.851. The zero-order chi connectivity index (χ0) is 19.8. The minimum absolute atomic E-state index is 0.0567. The van der Waals surface area contributed by atoms with Crippen LogP contribution in [-0.2, 0) is 11.3 Å². The smallest absolute Gasteiger partial charge is 0.258 e. The van der Waals surface area contributed by atoms with Crippen LogP contribution in [-0.4, -0.2) is 24.2 Å². The zero-order valence-corrected chi connectivity index (χ0v) is 16.4. The molecule has 6 heteroatoms. The van der Waals surface area contributed by atoms with Crippen LogP contribution in [0.3, 0.4) is 0 Å². The number of carbonyl (C=O) groups is 1. The molecule has 3 rings (SSSR count). The van der Waals surface area contributed by atoms with E-state index in [-0.39, 0.29) is 12.5 Å². The summed E-state index contributed by atoms with van der Waals surface area (Å²) in [6.45, 7) is 2.87. The van der Waals surface area contributed by atoms with Crippen molar-refractivity contribution in [3.05, 3.63) is 82.0 Å². The molecule has 5 nitrogen and oxygen atoms in total. The quantitative estimate of drug-likeness (QED) is 0.574. The Morgan fingerprint density at radius 1 is 1.00 bits per heavy atom. The Labute approximate surface area is 168 Å². The monoisotopic (exact) mass is 397 g/mol. The third-order valence-electron chi connectivity index (χ3n) is 4.03. The Hall–Kier alpha value is -2.83. The summed E-state index contributed by atoms with van der Waals surface area (Å²) in [5.74, 6) is 1.18. The van der Waals surface area contributed by atoms with Crippen LogP contribution >= 0.6 is 11.3 Å². The normalized spacial score (nSPS) is 11.6. The molecule has 1 atom stereocenters. The first-order chi connectivity index (χ1) is 13.7. The topological polar surface area (TPSA) is 67.8 Å². The minimum Gasteiger partial charge on any atom is -0.494 e. The van der Waals surface area contributed by atoms with E-state index in [1.807, 2.05) is 61.5 Å². The lowest BCUT2D eigenvalue weighted by Crippen LogP contribution is -2.28. The predicted molar refractivity (Wildman–Crippen MR) is 110 cm³/mol. The molecule has 1 heterocycles. The van der Waals surface area contributed by atoms with Crippen LogP contribution in [0.15, 0.2) is 66.7 Å². The van der Waals surface area contributed by atoms with E-state index in [0.717, 1.165) is 21.1 Å². The highest BCUT2D eigenvalue weighted by molar-refractivity contribution is 7.12. The van der Waals surface area contributed by atoms with Gasteiger partial charge in [0, 0.05) is 9.75 Å². The van der Waals surface area contributed by atoms with Gasteiger partial charge in [0.25, 0.3) is 5.91 Å². The molecular weight excluding hydrogens is 374 g/mol. The fraction of sp³-hybridized carbons (Fsp3) is 0.227. The van der Waals surface area contributed by atoms with Crippen molar-refractivity contribution in [2.45, 2.75) is 19.6 Å². The fourth-order valence-electron chi connectivity index (χ4n) is 2.62. The molecular formula is C22H23NO4S. The lowest BCUT2D eigenvalue weighted by atomic mass is 10.1. The summed E-state index contributed by atoms with van der Waals surface area (Å²) in [5, 5.41) is 13.3. The number of ether oxygens (including phenoxy) is 2. The van der Waals surface area contributed by atoms with E-state index in [1.165, 1.54) is 11.3 Å². The Morgan fingerprint density at radius 3 is 2.36 bits per heavy atom. The molecule has 3 aromatic rings. The second kappa shape index (κ2) is 9.92. The molecule has 28 heavy (non-hydrogen) atoms.